The zero-order valence-electron chi connectivity index (χ0n) is 6.95. The maximum atomic E-state index is 10.9. The Morgan fingerprint density at radius 1 is 1.33 bits per heavy atom. The van der Waals surface area contributed by atoms with Crippen molar-refractivity contribution in [2.45, 2.75) is 12.5 Å². The van der Waals surface area contributed by atoms with Gasteiger partial charge in [0, 0.05) is 0 Å². The van der Waals surface area contributed by atoms with Crippen molar-refractivity contribution in [1.82, 2.24) is 0 Å². The summed E-state index contributed by atoms with van der Waals surface area (Å²) in [6.45, 7) is 1.60. The molecule has 0 aliphatic heterocycles. The topological polar surface area (TPSA) is 69.1 Å². The molecule has 12 heavy (non-hydrogen) atoms. The molecule has 0 saturated carbocycles. The van der Waals surface area contributed by atoms with Crippen LogP contribution in [0.15, 0.2) is 30.3 Å². The van der Waals surface area contributed by atoms with Gasteiger partial charge in [0.2, 0.25) is 5.91 Å². The predicted octanol–water partition coefficient (Wildman–Crippen LogP) is 0.346. The molecule has 0 unspecified atom stereocenters. The quantitative estimate of drug-likeness (QED) is 0.662. The number of carbonyl (C=O) groups excluding carboxylic acids is 1. The van der Waals surface area contributed by atoms with Crippen LogP contribution in [0.3, 0.4) is 0 Å². The molecule has 0 radical (unpaired) electrons. The molecular weight excluding hydrogens is 152 g/mol. The summed E-state index contributed by atoms with van der Waals surface area (Å²) < 4.78 is 0. The van der Waals surface area contributed by atoms with Crippen LogP contribution in [0.1, 0.15) is 12.5 Å². The molecule has 1 aromatic rings. The van der Waals surface area contributed by atoms with E-state index in [0.717, 1.165) is 5.56 Å². The Bertz CT molecular complexity index is 280. The SMILES string of the molecule is C[C@@](N)(C(N)=O)c1ccccc1. The van der Waals surface area contributed by atoms with Gasteiger partial charge in [0.15, 0.2) is 0 Å². The van der Waals surface area contributed by atoms with Gasteiger partial charge in [-0.3, -0.25) is 4.79 Å². The first-order valence-electron chi connectivity index (χ1n) is 3.69. The van der Waals surface area contributed by atoms with Crippen LogP contribution in [0, 0.1) is 0 Å². The van der Waals surface area contributed by atoms with E-state index in [1.807, 2.05) is 18.2 Å². The smallest absolute Gasteiger partial charge is 0.241 e. The van der Waals surface area contributed by atoms with E-state index in [1.54, 1.807) is 19.1 Å². The van der Waals surface area contributed by atoms with Crippen LogP contribution in [0.5, 0.6) is 0 Å². The van der Waals surface area contributed by atoms with Crippen LogP contribution in [0.4, 0.5) is 0 Å². The fourth-order valence-electron chi connectivity index (χ4n) is 0.927. The largest absolute Gasteiger partial charge is 0.368 e. The summed E-state index contributed by atoms with van der Waals surface area (Å²) >= 11 is 0. The van der Waals surface area contributed by atoms with Crippen LogP contribution in [-0.2, 0) is 10.3 Å². The van der Waals surface area contributed by atoms with Gasteiger partial charge in [-0.2, -0.15) is 0 Å². The third-order valence-electron chi connectivity index (χ3n) is 1.89. The lowest BCUT2D eigenvalue weighted by Gasteiger charge is -2.20. The van der Waals surface area contributed by atoms with E-state index in [9.17, 15) is 4.79 Å². The molecule has 4 N–H and O–H groups in total. The van der Waals surface area contributed by atoms with E-state index in [1.165, 1.54) is 0 Å². The van der Waals surface area contributed by atoms with E-state index in [0.29, 0.717) is 0 Å². The molecule has 0 aromatic heterocycles. The van der Waals surface area contributed by atoms with Crippen molar-refractivity contribution in [3.8, 4) is 0 Å². The Balaban J connectivity index is 3.06. The molecule has 0 fully saturated rings. The third kappa shape index (κ3) is 1.46. The van der Waals surface area contributed by atoms with E-state index < -0.39 is 11.4 Å². The van der Waals surface area contributed by atoms with Gasteiger partial charge in [0.05, 0.1) is 0 Å². The number of benzene rings is 1. The number of hydrogen-bond acceptors (Lipinski definition) is 2. The molecule has 1 aromatic carbocycles. The van der Waals surface area contributed by atoms with E-state index in [4.69, 9.17) is 11.5 Å². The molecule has 1 amide bonds. The van der Waals surface area contributed by atoms with Crippen LogP contribution < -0.4 is 11.5 Å². The lowest BCUT2D eigenvalue weighted by molar-refractivity contribution is -0.122. The molecule has 1 atom stereocenters. The van der Waals surface area contributed by atoms with Crippen molar-refractivity contribution in [2.24, 2.45) is 11.5 Å². The second kappa shape index (κ2) is 2.95. The summed E-state index contributed by atoms with van der Waals surface area (Å²) in [5.74, 6) is -0.520. The van der Waals surface area contributed by atoms with Crippen LogP contribution in [-0.4, -0.2) is 5.91 Å². The lowest BCUT2D eigenvalue weighted by atomic mass is 9.93. The second-order valence-corrected chi connectivity index (χ2v) is 2.93. The summed E-state index contributed by atoms with van der Waals surface area (Å²) in [6, 6.07) is 9.07. The molecule has 3 nitrogen and oxygen atoms in total. The number of hydrogen-bond donors (Lipinski definition) is 2. The maximum Gasteiger partial charge on any atom is 0.241 e. The number of rotatable bonds is 2. The molecule has 0 bridgehead atoms. The highest BCUT2D eigenvalue weighted by atomic mass is 16.1. The minimum absolute atomic E-state index is 0.520. The first kappa shape index (κ1) is 8.74. The average molecular weight is 164 g/mol. The van der Waals surface area contributed by atoms with Crippen molar-refractivity contribution in [2.75, 3.05) is 0 Å². The molecule has 64 valence electrons. The van der Waals surface area contributed by atoms with Gasteiger partial charge in [0.1, 0.15) is 5.54 Å². The van der Waals surface area contributed by atoms with Gasteiger partial charge in [-0.25, -0.2) is 0 Å². The van der Waals surface area contributed by atoms with Crippen LogP contribution in [0.2, 0.25) is 0 Å². The number of nitrogens with two attached hydrogens (primary N) is 2. The van der Waals surface area contributed by atoms with Gasteiger partial charge in [-0.15, -0.1) is 0 Å². The molecule has 1 rings (SSSR count). The van der Waals surface area contributed by atoms with Crippen molar-refractivity contribution in [1.29, 1.82) is 0 Å². The average Bonchev–Trinajstić information content (AvgIpc) is 2.06. The number of carbonyl (C=O) groups is 1. The summed E-state index contributed by atoms with van der Waals surface area (Å²) in [4.78, 5) is 10.9. The van der Waals surface area contributed by atoms with Crippen molar-refractivity contribution in [3.05, 3.63) is 35.9 Å². The van der Waals surface area contributed by atoms with Crippen LogP contribution >= 0.6 is 0 Å². The molecule has 0 aliphatic carbocycles. The zero-order valence-corrected chi connectivity index (χ0v) is 6.95. The number of primary amides is 1. The second-order valence-electron chi connectivity index (χ2n) is 2.93. The van der Waals surface area contributed by atoms with Gasteiger partial charge in [-0.05, 0) is 12.5 Å². The Morgan fingerprint density at radius 3 is 2.25 bits per heavy atom. The van der Waals surface area contributed by atoms with Gasteiger partial charge < -0.3 is 11.5 Å². The fraction of sp³-hybridized carbons (Fsp3) is 0.222. The third-order valence-corrected chi connectivity index (χ3v) is 1.89. The highest BCUT2D eigenvalue weighted by Gasteiger charge is 2.27. The highest BCUT2D eigenvalue weighted by molar-refractivity contribution is 5.85. The summed E-state index contributed by atoms with van der Waals surface area (Å²) in [7, 11) is 0. The van der Waals surface area contributed by atoms with Gasteiger partial charge in [-0.1, -0.05) is 30.3 Å². The van der Waals surface area contributed by atoms with Crippen molar-refractivity contribution < 1.29 is 4.79 Å². The molecule has 0 heterocycles. The zero-order chi connectivity index (χ0) is 9.19. The molecule has 3 heteroatoms. The normalized spacial score (nSPS) is 15.2. The Hall–Kier alpha value is -1.35. The minimum Gasteiger partial charge on any atom is -0.368 e. The van der Waals surface area contributed by atoms with Crippen molar-refractivity contribution in [3.63, 3.8) is 0 Å². The van der Waals surface area contributed by atoms with Gasteiger partial charge in [0.25, 0.3) is 0 Å². The fourth-order valence-corrected chi connectivity index (χ4v) is 0.927. The molecule has 0 spiro atoms. The monoisotopic (exact) mass is 164 g/mol. The first-order chi connectivity index (χ1) is 5.55. The molecular formula is C9H12N2O. The number of amides is 1. The first-order valence-corrected chi connectivity index (χ1v) is 3.69. The molecule has 0 aliphatic rings. The van der Waals surface area contributed by atoms with E-state index in [-0.39, 0.29) is 0 Å². The Kier molecular flexibility index (Phi) is 2.15. The molecule has 0 saturated heterocycles. The van der Waals surface area contributed by atoms with E-state index in [2.05, 4.69) is 0 Å². The summed E-state index contributed by atoms with van der Waals surface area (Å²) in [5.41, 5.74) is 10.5. The van der Waals surface area contributed by atoms with E-state index >= 15 is 0 Å². The van der Waals surface area contributed by atoms with Crippen molar-refractivity contribution >= 4 is 5.91 Å². The maximum absolute atomic E-state index is 10.9. The standard InChI is InChI=1S/C9H12N2O/c1-9(11,8(10)12)7-5-3-2-4-6-7/h2-6H,11H2,1H3,(H2,10,12)/t9-/m0/s1. The lowest BCUT2D eigenvalue weighted by Crippen LogP contribution is -2.46. The highest BCUT2D eigenvalue weighted by Crippen LogP contribution is 2.15. The Labute approximate surface area is 71.4 Å². The Morgan fingerprint density at radius 2 is 1.83 bits per heavy atom. The predicted molar refractivity (Wildman–Crippen MR) is 47.2 cm³/mol. The van der Waals surface area contributed by atoms with Gasteiger partial charge >= 0.3 is 0 Å². The summed E-state index contributed by atoms with van der Waals surface area (Å²) in [5, 5.41) is 0. The summed E-state index contributed by atoms with van der Waals surface area (Å²) in [6.07, 6.45) is 0. The van der Waals surface area contributed by atoms with Crippen LogP contribution in [0.25, 0.3) is 0 Å². The minimum atomic E-state index is -1.07.